The molecule has 5 aliphatic rings. The molecule has 5 rings (SSSR count). The highest BCUT2D eigenvalue weighted by Gasteiger charge is 2.68. The van der Waals surface area contributed by atoms with Crippen molar-refractivity contribution in [2.24, 2.45) is 23.0 Å². The van der Waals surface area contributed by atoms with Gasteiger partial charge in [0.25, 0.3) is 0 Å². The lowest BCUT2D eigenvalue weighted by molar-refractivity contribution is -0.199. The van der Waals surface area contributed by atoms with Gasteiger partial charge in [0.2, 0.25) is 39.6 Å². The van der Waals surface area contributed by atoms with E-state index >= 15 is 0 Å². The summed E-state index contributed by atoms with van der Waals surface area (Å²) in [6.07, 6.45) is 11.2. The van der Waals surface area contributed by atoms with Crippen molar-refractivity contribution in [3.63, 3.8) is 0 Å². The number of carbonyl (C=O) groups is 5. The maximum absolute atomic E-state index is 13.4. The predicted octanol–water partition coefficient (Wildman–Crippen LogP) is 2.20. The Morgan fingerprint density at radius 2 is 1.48 bits per heavy atom. The number of aliphatic hydroxyl groups is 1. The van der Waals surface area contributed by atoms with Gasteiger partial charge >= 0.3 is 7.12 Å². The molecule has 18 heteroatoms. The smallest absolute Gasteiger partial charge is 0.404 e. The van der Waals surface area contributed by atoms with Crippen molar-refractivity contribution >= 4 is 46.7 Å². The number of nitrogens with one attached hydrogen (secondary N) is 4. The highest BCUT2D eigenvalue weighted by atomic mass is 32.2. The van der Waals surface area contributed by atoms with E-state index in [1.807, 2.05) is 0 Å². The first-order chi connectivity index (χ1) is 27.2. The Bertz CT molecular complexity index is 1570. The predicted molar refractivity (Wildman–Crippen MR) is 220 cm³/mol. The van der Waals surface area contributed by atoms with Crippen LogP contribution < -0.4 is 27.0 Å². The van der Waals surface area contributed by atoms with Gasteiger partial charge in [0.15, 0.2) is 0 Å². The standard InChI is InChI=1S/C40H71BN6O10S/c1-8-9-10-11-12-13-14-15-16-17-21-58(54,55)47-20-18-19-30(47)37(52)46-34(26(3)48)38(53)43-25(2)35(50)45-29(24-33(42)49)36(51)44-27(4)41-56-32-23-28-22-31(39(28,5)6)40(32,7)57-41/h25-32,34,48H,8-24H2,1-7H3,(H2,42,49)(H,43,53)(H,44,51)(H,45,50)(H,46,52)/t25-,26+,27-,28+,29?,30-,31+,32+,34-,40-/m0/s1. The molecule has 5 fully saturated rings. The monoisotopic (exact) mass is 839 g/mol. The van der Waals surface area contributed by atoms with Crippen LogP contribution in [-0.2, 0) is 43.3 Å². The van der Waals surface area contributed by atoms with Gasteiger partial charge in [0.05, 0.1) is 35.9 Å². The van der Waals surface area contributed by atoms with Crippen LogP contribution >= 0.6 is 0 Å². The molecule has 5 amide bonds. The first kappa shape index (κ1) is 47.9. The Morgan fingerprint density at radius 1 is 0.862 bits per heavy atom. The van der Waals surface area contributed by atoms with E-state index < -0.39 is 94.9 Å². The van der Waals surface area contributed by atoms with Crippen LogP contribution in [0.4, 0.5) is 0 Å². The van der Waals surface area contributed by atoms with Crippen molar-refractivity contribution in [3.05, 3.63) is 0 Å². The topological polar surface area (TPSA) is 236 Å². The zero-order valence-corrected chi connectivity index (χ0v) is 36.7. The van der Waals surface area contributed by atoms with E-state index in [1.54, 1.807) is 6.92 Å². The average molecular weight is 839 g/mol. The summed E-state index contributed by atoms with van der Waals surface area (Å²) >= 11 is 0. The third-order valence-electron chi connectivity index (χ3n) is 13.2. The molecule has 10 atom stereocenters. The molecule has 2 saturated heterocycles. The number of hydrogen-bond donors (Lipinski definition) is 6. The van der Waals surface area contributed by atoms with E-state index in [-0.39, 0.29) is 30.2 Å². The molecular weight excluding hydrogens is 767 g/mol. The van der Waals surface area contributed by atoms with Crippen LogP contribution in [0, 0.1) is 17.3 Å². The summed E-state index contributed by atoms with van der Waals surface area (Å²) in [4.78, 5) is 65.5. The van der Waals surface area contributed by atoms with E-state index in [4.69, 9.17) is 15.0 Å². The Morgan fingerprint density at radius 3 is 2.07 bits per heavy atom. The van der Waals surface area contributed by atoms with Crippen molar-refractivity contribution in [3.8, 4) is 0 Å². The maximum Gasteiger partial charge on any atom is 0.481 e. The summed E-state index contributed by atoms with van der Waals surface area (Å²) in [7, 11) is -4.49. The molecule has 0 aromatic carbocycles. The SMILES string of the molecule is CCCCCCCCCCCCS(=O)(=O)N1CCC[C@H]1C(=O)N[C@H](C(=O)N[C@@H](C)C(=O)NC(CC(N)=O)C(=O)N[C@@H](C)B1O[C@@H]2C[C@H]3C[C@H](C3(C)C)[C@]2(C)O1)[C@@H](C)O. The number of aliphatic hydroxyl groups excluding tert-OH is 1. The molecule has 2 bridgehead atoms. The molecule has 7 N–H and O–H groups in total. The summed E-state index contributed by atoms with van der Waals surface area (Å²) < 4.78 is 40.5. The molecule has 0 spiro atoms. The van der Waals surface area contributed by atoms with Gasteiger partial charge < -0.3 is 41.4 Å². The van der Waals surface area contributed by atoms with E-state index in [0.717, 1.165) is 38.5 Å². The molecule has 1 unspecified atom stereocenters. The van der Waals surface area contributed by atoms with Crippen LogP contribution in [0.15, 0.2) is 0 Å². The van der Waals surface area contributed by atoms with Gasteiger partial charge in [-0.2, -0.15) is 4.31 Å². The molecule has 0 aromatic heterocycles. The Kier molecular flexibility index (Phi) is 17.0. The van der Waals surface area contributed by atoms with E-state index in [1.165, 1.54) is 50.3 Å². The number of nitrogens with zero attached hydrogens (tertiary/aromatic N) is 1. The molecular formula is C40H71BN6O10S. The van der Waals surface area contributed by atoms with Crippen molar-refractivity contribution in [2.45, 2.75) is 193 Å². The second-order valence-corrected chi connectivity index (χ2v) is 20.1. The Hall–Kier alpha value is -2.80. The largest absolute Gasteiger partial charge is 0.481 e. The zero-order valence-electron chi connectivity index (χ0n) is 35.8. The number of unbranched alkanes of at least 4 members (excludes halogenated alkanes) is 9. The fraction of sp³-hybridized carbons (Fsp3) is 0.875. The van der Waals surface area contributed by atoms with Gasteiger partial charge in [-0.25, -0.2) is 8.42 Å². The van der Waals surface area contributed by atoms with Crippen LogP contribution in [0.1, 0.15) is 145 Å². The van der Waals surface area contributed by atoms with Crippen LogP contribution in [0.5, 0.6) is 0 Å². The van der Waals surface area contributed by atoms with Crippen LogP contribution in [-0.4, -0.2) is 115 Å². The van der Waals surface area contributed by atoms with E-state index in [2.05, 4.69) is 49.0 Å². The number of hydrogen-bond acceptors (Lipinski definition) is 10. The third kappa shape index (κ3) is 11.7. The molecule has 330 valence electrons. The number of carbonyl (C=O) groups excluding carboxylic acids is 5. The fourth-order valence-corrected chi connectivity index (χ4v) is 11.3. The zero-order chi connectivity index (χ0) is 43.0. The van der Waals surface area contributed by atoms with E-state index in [9.17, 15) is 37.5 Å². The quantitative estimate of drug-likeness (QED) is 0.0613. The molecule has 58 heavy (non-hydrogen) atoms. The first-order valence-corrected chi connectivity index (χ1v) is 23.3. The Balaban J connectivity index is 1.26. The Labute approximate surface area is 346 Å². The lowest BCUT2D eigenvalue weighted by Gasteiger charge is -2.64. The highest BCUT2D eigenvalue weighted by molar-refractivity contribution is 7.89. The number of nitrogens with two attached hydrogens (primary N) is 1. The van der Waals surface area contributed by atoms with Crippen molar-refractivity contribution in [1.29, 1.82) is 0 Å². The minimum Gasteiger partial charge on any atom is -0.404 e. The van der Waals surface area contributed by atoms with Gasteiger partial charge in [-0.3, -0.25) is 24.0 Å². The number of sulfonamides is 1. The molecule has 0 radical (unpaired) electrons. The number of amides is 5. The molecule has 3 aliphatic carbocycles. The third-order valence-corrected chi connectivity index (χ3v) is 15.2. The van der Waals surface area contributed by atoms with Crippen LogP contribution in [0.25, 0.3) is 0 Å². The minimum absolute atomic E-state index is 0.0742. The lowest BCUT2D eigenvalue weighted by Crippen LogP contribution is -2.65. The summed E-state index contributed by atoms with van der Waals surface area (Å²) in [5.74, 6) is -3.86. The summed E-state index contributed by atoms with van der Waals surface area (Å²) in [5, 5.41) is 20.7. The van der Waals surface area contributed by atoms with Gasteiger partial charge in [0.1, 0.15) is 24.2 Å². The van der Waals surface area contributed by atoms with Crippen molar-refractivity contribution in [1.82, 2.24) is 25.6 Å². The van der Waals surface area contributed by atoms with Crippen molar-refractivity contribution < 1.29 is 46.8 Å². The fourth-order valence-electron chi connectivity index (χ4n) is 9.46. The second-order valence-electron chi connectivity index (χ2n) is 18.1. The molecule has 3 saturated carbocycles. The minimum atomic E-state index is -3.74. The molecule has 16 nitrogen and oxygen atoms in total. The van der Waals surface area contributed by atoms with Crippen LogP contribution in [0.3, 0.4) is 0 Å². The lowest BCUT2D eigenvalue weighted by atomic mass is 9.43. The summed E-state index contributed by atoms with van der Waals surface area (Å²) in [5.41, 5.74) is 5.06. The van der Waals surface area contributed by atoms with Gasteiger partial charge in [0, 0.05) is 6.54 Å². The van der Waals surface area contributed by atoms with E-state index in [0.29, 0.717) is 24.7 Å². The highest BCUT2D eigenvalue weighted by Crippen LogP contribution is 2.65. The van der Waals surface area contributed by atoms with Gasteiger partial charge in [-0.05, 0) is 77.0 Å². The normalized spacial score (nSPS) is 27.6. The molecule has 0 aromatic rings. The molecule has 2 heterocycles. The number of rotatable bonds is 24. The van der Waals surface area contributed by atoms with Gasteiger partial charge in [-0.15, -0.1) is 0 Å². The summed E-state index contributed by atoms with van der Waals surface area (Å²) in [6, 6.07) is -5.23. The molecule has 2 aliphatic heterocycles. The summed E-state index contributed by atoms with van der Waals surface area (Å²) in [6.45, 7) is 13.3. The van der Waals surface area contributed by atoms with Crippen molar-refractivity contribution in [2.75, 3.05) is 12.3 Å². The van der Waals surface area contributed by atoms with Crippen LogP contribution in [0.2, 0.25) is 0 Å². The second kappa shape index (κ2) is 20.6. The first-order valence-electron chi connectivity index (χ1n) is 21.7. The average Bonchev–Trinajstić information content (AvgIpc) is 3.79. The maximum atomic E-state index is 13.4. The van der Waals surface area contributed by atoms with Gasteiger partial charge in [-0.1, -0.05) is 78.6 Å². The number of primary amides is 1.